The van der Waals surface area contributed by atoms with Crippen LogP contribution in [0.2, 0.25) is 0 Å². The molecule has 20 heavy (non-hydrogen) atoms. The molecule has 2 aromatic heterocycles. The molecule has 0 amide bonds. The molecule has 0 saturated carbocycles. The fourth-order valence-electron chi connectivity index (χ4n) is 1.95. The van der Waals surface area contributed by atoms with E-state index in [1.54, 1.807) is 12.3 Å². The van der Waals surface area contributed by atoms with Crippen molar-refractivity contribution in [3.05, 3.63) is 57.4 Å². The average molecular weight is 332 g/mol. The summed E-state index contributed by atoms with van der Waals surface area (Å²) in [5, 5.41) is 3.98. The van der Waals surface area contributed by atoms with Gasteiger partial charge < -0.3 is 15.2 Å². The number of hydrogen-bond donors (Lipinski definition) is 2. The molecule has 0 bridgehead atoms. The molecule has 3 aromatic rings. The lowest BCUT2D eigenvalue weighted by Crippen LogP contribution is -2.01. The first-order valence-electron chi connectivity index (χ1n) is 5.85. The van der Waals surface area contributed by atoms with Gasteiger partial charge in [0.2, 0.25) is 11.4 Å². The van der Waals surface area contributed by atoms with E-state index >= 15 is 0 Å². The van der Waals surface area contributed by atoms with Gasteiger partial charge in [-0.1, -0.05) is 33.2 Å². The number of H-pyrrole nitrogens is 1. The molecule has 1 aromatic carbocycles. The second-order valence-corrected chi connectivity index (χ2v) is 5.13. The molecule has 0 aliphatic heterocycles. The summed E-state index contributed by atoms with van der Waals surface area (Å²) in [7, 11) is 0. The van der Waals surface area contributed by atoms with Gasteiger partial charge >= 0.3 is 0 Å². The summed E-state index contributed by atoms with van der Waals surface area (Å²) in [5.41, 5.74) is 8.64. The second-order valence-electron chi connectivity index (χ2n) is 4.22. The summed E-state index contributed by atoms with van der Waals surface area (Å²) in [6.45, 7) is 0. The highest BCUT2D eigenvalue weighted by Crippen LogP contribution is 2.35. The summed E-state index contributed by atoms with van der Waals surface area (Å²) in [6, 6.07) is 10.8. The Balaban J connectivity index is 2.16. The first-order valence-corrected chi connectivity index (χ1v) is 6.64. The van der Waals surface area contributed by atoms with Gasteiger partial charge in [-0.25, -0.2) is 0 Å². The fourth-order valence-corrected chi connectivity index (χ4v) is 2.22. The van der Waals surface area contributed by atoms with Gasteiger partial charge in [-0.05, 0) is 23.8 Å². The standard InChI is InChI=1S/C14H10BrN3O2/c15-10-4-1-8(2-5-10)12-13(18-20-14(12)16)9-3-6-11(19)17-7-9/h1-7H,16H2,(H,17,19). The normalized spacial score (nSPS) is 10.7. The maximum absolute atomic E-state index is 11.1. The van der Waals surface area contributed by atoms with Crippen molar-refractivity contribution < 1.29 is 4.52 Å². The van der Waals surface area contributed by atoms with Crippen LogP contribution in [-0.4, -0.2) is 10.1 Å². The van der Waals surface area contributed by atoms with Crippen LogP contribution >= 0.6 is 15.9 Å². The average Bonchev–Trinajstić information content (AvgIpc) is 2.83. The van der Waals surface area contributed by atoms with Crippen LogP contribution < -0.4 is 11.3 Å². The number of nitrogens with two attached hydrogens (primary N) is 1. The Morgan fingerprint density at radius 3 is 2.45 bits per heavy atom. The zero-order valence-electron chi connectivity index (χ0n) is 10.3. The van der Waals surface area contributed by atoms with E-state index in [0.29, 0.717) is 11.3 Å². The van der Waals surface area contributed by atoms with E-state index in [1.807, 2.05) is 24.3 Å². The first kappa shape index (κ1) is 12.7. The van der Waals surface area contributed by atoms with Crippen molar-refractivity contribution in [3.63, 3.8) is 0 Å². The minimum absolute atomic E-state index is 0.171. The summed E-state index contributed by atoms with van der Waals surface area (Å²) in [6.07, 6.45) is 1.59. The van der Waals surface area contributed by atoms with E-state index in [2.05, 4.69) is 26.1 Å². The predicted molar refractivity (Wildman–Crippen MR) is 80.1 cm³/mol. The predicted octanol–water partition coefficient (Wildman–Crippen LogP) is 3.04. The third-order valence-electron chi connectivity index (χ3n) is 2.91. The fraction of sp³-hybridized carbons (Fsp3) is 0. The molecule has 3 N–H and O–H groups in total. The summed E-state index contributed by atoms with van der Waals surface area (Å²) < 4.78 is 6.06. The van der Waals surface area contributed by atoms with Crippen molar-refractivity contribution in [2.75, 3.05) is 5.73 Å². The molecule has 0 aliphatic carbocycles. The van der Waals surface area contributed by atoms with E-state index in [0.717, 1.165) is 15.6 Å². The molecule has 2 heterocycles. The zero-order chi connectivity index (χ0) is 14.1. The maximum atomic E-state index is 11.1. The number of nitrogens with zero attached hydrogens (tertiary/aromatic N) is 1. The molecule has 100 valence electrons. The minimum atomic E-state index is -0.171. The lowest BCUT2D eigenvalue weighted by Gasteiger charge is -2.02. The molecule has 0 aliphatic rings. The number of anilines is 1. The van der Waals surface area contributed by atoms with Crippen LogP contribution in [0.4, 0.5) is 5.88 Å². The summed E-state index contributed by atoms with van der Waals surface area (Å²) in [5.74, 6) is 0.244. The Bertz CT molecular complexity index is 786. The third kappa shape index (κ3) is 2.25. The molecule has 0 unspecified atom stereocenters. The van der Waals surface area contributed by atoms with Crippen LogP contribution in [0.15, 0.2) is 56.4 Å². The molecule has 0 fully saturated rings. The third-order valence-corrected chi connectivity index (χ3v) is 3.44. The molecule has 0 spiro atoms. The van der Waals surface area contributed by atoms with Crippen LogP contribution in [0.3, 0.4) is 0 Å². The van der Waals surface area contributed by atoms with Crippen molar-refractivity contribution in [2.45, 2.75) is 0 Å². The van der Waals surface area contributed by atoms with E-state index in [4.69, 9.17) is 10.3 Å². The van der Waals surface area contributed by atoms with Crippen LogP contribution in [0.5, 0.6) is 0 Å². The van der Waals surface area contributed by atoms with Gasteiger partial charge in [0.1, 0.15) is 5.69 Å². The highest BCUT2D eigenvalue weighted by Gasteiger charge is 2.17. The lowest BCUT2D eigenvalue weighted by atomic mass is 10.0. The Morgan fingerprint density at radius 2 is 1.80 bits per heavy atom. The van der Waals surface area contributed by atoms with Gasteiger partial charge in [0.25, 0.3) is 0 Å². The number of hydrogen-bond acceptors (Lipinski definition) is 4. The Hall–Kier alpha value is -2.34. The maximum Gasteiger partial charge on any atom is 0.247 e. The largest absolute Gasteiger partial charge is 0.367 e. The van der Waals surface area contributed by atoms with Crippen molar-refractivity contribution in [2.24, 2.45) is 0 Å². The van der Waals surface area contributed by atoms with Gasteiger partial charge in [-0.3, -0.25) is 4.79 Å². The Kier molecular flexibility index (Phi) is 3.15. The zero-order valence-corrected chi connectivity index (χ0v) is 11.8. The summed E-state index contributed by atoms with van der Waals surface area (Å²) >= 11 is 3.39. The second kappa shape index (κ2) is 4.97. The van der Waals surface area contributed by atoms with Crippen molar-refractivity contribution in [1.82, 2.24) is 10.1 Å². The first-order chi connectivity index (χ1) is 9.65. The summed E-state index contributed by atoms with van der Waals surface area (Å²) in [4.78, 5) is 13.7. The molecule has 5 nitrogen and oxygen atoms in total. The number of aromatic nitrogens is 2. The van der Waals surface area contributed by atoms with Crippen molar-refractivity contribution >= 4 is 21.8 Å². The van der Waals surface area contributed by atoms with Gasteiger partial charge in [0.05, 0.1) is 5.56 Å². The van der Waals surface area contributed by atoms with Crippen LogP contribution in [-0.2, 0) is 0 Å². The molecule has 3 rings (SSSR count). The molecule has 0 atom stereocenters. The van der Waals surface area contributed by atoms with Crippen molar-refractivity contribution in [3.8, 4) is 22.4 Å². The highest BCUT2D eigenvalue weighted by atomic mass is 79.9. The quantitative estimate of drug-likeness (QED) is 0.755. The van der Waals surface area contributed by atoms with E-state index < -0.39 is 0 Å². The van der Waals surface area contributed by atoms with Crippen molar-refractivity contribution in [1.29, 1.82) is 0 Å². The molecule has 0 saturated heterocycles. The molecule has 0 radical (unpaired) electrons. The number of benzene rings is 1. The number of nitrogens with one attached hydrogen (secondary N) is 1. The number of rotatable bonds is 2. The highest BCUT2D eigenvalue weighted by molar-refractivity contribution is 9.10. The smallest absolute Gasteiger partial charge is 0.247 e. The van der Waals surface area contributed by atoms with Gasteiger partial charge in [-0.15, -0.1) is 0 Å². The van der Waals surface area contributed by atoms with Crippen LogP contribution in [0.25, 0.3) is 22.4 Å². The van der Waals surface area contributed by atoms with Crippen LogP contribution in [0.1, 0.15) is 0 Å². The molecule has 6 heteroatoms. The van der Waals surface area contributed by atoms with Gasteiger partial charge in [-0.2, -0.15) is 0 Å². The monoisotopic (exact) mass is 331 g/mol. The van der Waals surface area contributed by atoms with E-state index in [1.165, 1.54) is 6.07 Å². The number of pyridine rings is 1. The Morgan fingerprint density at radius 1 is 1.10 bits per heavy atom. The Labute approximate surface area is 122 Å². The number of aromatic amines is 1. The van der Waals surface area contributed by atoms with Gasteiger partial charge in [0, 0.05) is 22.3 Å². The topological polar surface area (TPSA) is 84.9 Å². The van der Waals surface area contributed by atoms with E-state index in [9.17, 15) is 4.79 Å². The van der Waals surface area contributed by atoms with Gasteiger partial charge in [0.15, 0.2) is 0 Å². The van der Waals surface area contributed by atoms with E-state index in [-0.39, 0.29) is 11.4 Å². The SMILES string of the molecule is Nc1onc(-c2ccc(=O)[nH]c2)c1-c1ccc(Br)cc1. The minimum Gasteiger partial charge on any atom is -0.367 e. The lowest BCUT2D eigenvalue weighted by molar-refractivity contribution is 0.439. The molecular formula is C14H10BrN3O2. The number of halogens is 1. The molecular weight excluding hydrogens is 322 g/mol. The number of nitrogen functional groups attached to an aromatic ring is 1. The van der Waals surface area contributed by atoms with Crippen LogP contribution in [0, 0.1) is 0 Å².